The summed E-state index contributed by atoms with van der Waals surface area (Å²) in [6.07, 6.45) is 6.16. The fraction of sp³-hybridized carbons (Fsp3) is 0.304. The lowest BCUT2D eigenvalue weighted by Crippen LogP contribution is -2.24. The van der Waals surface area contributed by atoms with Crippen molar-refractivity contribution in [1.82, 2.24) is 20.3 Å². The van der Waals surface area contributed by atoms with E-state index in [9.17, 15) is 4.79 Å². The maximum atomic E-state index is 12.4. The molecule has 0 bridgehead atoms. The summed E-state index contributed by atoms with van der Waals surface area (Å²) in [6.45, 7) is 6.71. The molecule has 1 N–H and O–H groups in total. The molecular weight excluding hydrogens is 364 g/mol. The number of nitrogens with zero attached hydrogens (tertiary/aromatic N) is 3. The summed E-state index contributed by atoms with van der Waals surface area (Å²) in [7, 11) is 0. The molecule has 3 aromatic rings. The number of aryl methyl sites for hydroxylation is 2. The minimum Gasteiger partial charge on any atom is -0.438 e. The fourth-order valence-corrected chi connectivity index (χ4v) is 2.82. The molecule has 0 spiro atoms. The van der Waals surface area contributed by atoms with E-state index in [1.54, 1.807) is 24.5 Å². The Kier molecular flexibility index (Phi) is 6.89. The van der Waals surface area contributed by atoms with E-state index in [0.717, 1.165) is 41.9 Å². The first-order valence-electron chi connectivity index (χ1n) is 9.96. The van der Waals surface area contributed by atoms with Gasteiger partial charge in [0.2, 0.25) is 5.88 Å². The summed E-state index contributed by atoms with van der Waals surface area (Å²) in [5, 5.41) is 2.93. The van der Waals surface area contributed by atoms with Crippen molar-refractivity contribution in [2.75, 3.05) is 6.54 Å². The summed E-state index contributed by atoms with van der Waals surface area (Å²) in [5.41, 5.74) is 3.02. The molecule has 2 heterocycles. The highest BCUT2D eigenvalue weighted by Crippen LogP contribution is 2.32. The third kappa shape index (κ3) is 5.16. The zero-order valence-corrected chi connectivity index (χ0v) is 17.1. The van der Waals surface area contributed by atoms with Crippen molar-refractivity contribution < 1.29 is 9.53 Å². The smallest absolute Gasteiger partial charge is 0.251 e. The standard InChI is InChI=1S/C23H26N4O2/c1-4-6-12-25-22(28)17-10-9-16(3)20(15-17)29-23-18(8-7-13-26-23)19-11-14-24-21(5-2)27-19/h7-11,13-15H,4-6,12H2,1-3H3,(H,25,28). The van der Waals surface area contributed by atoms with E-state index in [4.69, 9.17) is 4.74 Å². The van der Waals surface area contributed by atoms with Crippen LogP contribution in [-0.2, 0) is 6.42 Å². The predicted octanol–water partition coefficient (Wildman–Crippen LogP) is 4.73. The van der Waals surface area contributed by atoms with Crippen LogP contribution in [0, 0.1) is 6.92 Å². The van der Waals surface area contributed by atoms with Crippen molar-refractivity contribution in [3.63, 3.8) is 0 Å². The van der Waals surface area contributed by atoms with Crippen molar-refractivity contribution >= 4 is 5.91 Å². The number of nitrogens with one attached hydrogen (secondary N) is 1. The summed E-state index contributed by atoms with van der Waals surface area (Å²) in [6, 6.07) is 11.1. The summed E-state index contributed by atoms with van der Waals surface area (Å²) < 4.78 is 6.13. The van der Waals surface area contributed by atoms with Crippen molar-refractivity contribution in [2.24, 2.45) is 0 Å². The van der Waals surface area contributed by atoms with E-state index in [1.165, 1.54) is 0 Å². The molecule has 2 aromatic heterocycles. The molecule has 0 unspecified atom stereocenters. The summed E-state index contributed by atoms with van der Waals surface area (Å²) >= 11 is 0. The summed E-state index contributed by atoms with van der Waals surface area (Å²) in [4.78, 5) is 25.6. The van der Waals surface area contributed by atoms with Crippen LogP contribution in [0.4, 0.5) is 0 Å². The van der Waals surface area contributed by atoms with Crippen molar-refractivity contribution in [1.29, 1.82) is 0 Å². The van der Waals surface area contributed by atoms with Crippen LogP contribution in [0.15, 0.2) is 48.8 Å². The largest absolute Gasteiger partial charge is 0.438 e. The number of ether oxygens (including phenoxy) is 1. The Morgan fingerprint density at radius 1 is 1.10 bits per heavy atom. The number of pyridine rings is 1. The van der Waals surface area contributed by atoms with Gasteiger partial charge < -0.3 is 10.1 Å². The second-order valence-electron chi connectivity index (χ2n) is 6.76. The Morgan fingerprint density at radius 3 is 2.76 bits per heavy atom. The molecule has 0 saturated heterocycles. The number of carbonyl (C=O) groups is 1. The number of rotatable bonds is 8. The SMILES string of the molecule is CCCCNC(=O)c1ccc(C)c(Oc2ncccc2-c2ccnc(CC)n2)c1. The number of hydrogen-bond acceptors (Lipinski definition) is 5. The van der Waals surface area contributed by atoms with E-state index in [0.29, 0.717) is 23.7 Å². The zero-order chi connectivity index (χ0) is 20.6. The Balaban J connectivity index is 1.88. The number of unbranched alkanes of at least 4 members (excludes halogenated alkanes) is 1. The second-order valence-corrected chi connectivity index (χ2v) is 6.76. The number of benzene rings is 1. The first kappa shape index (κ1) is 20.5. The van der Waals surface area contributed by atoms with Gasteiger partial charge in [0.1, 0.15) is 11.6 Å². The fourth-order valence-electron chi connectivity index (χ4n) is 2.82. The van der Waals surface area contributed by atoms with Gasteiger partial charge in [-0.1, -0.05) is 26.3 Å². The highest BCUT2D eigenvalue weighted by molar-refractivity contribution is 5.94. The molecule has 6 nitrogen and oxygen atoms in total. The third-order valence-electron chi connectivity index (χ3n) is 4.54. The minimum absolute atomic E-state index is 0.104. The van der Waals surface area contributed by atoms with Gasteiger partial charge in [-0.25, -0.2) is 15.0 Å². The average molecular weight is 390 g/mol. The number of amides is 1. The first-order valence-corrected chi connectivity index (χ1v) is 9.96. The Bertz CT molecular complexity index is 988. The normalized spacial score (nSPS) is 10.6. The predicted molar refractivity (Wildman–Crippen MR) is 113 cm³/mol. The molecule has 0 aliphatic heterocycles. The monoisotopic (exact) mass is 390 g/mol. The molecule has 6 heteroatoms. The molecule has 0 radical (unpaired) electrons. The van der Waals surface area contributed by atoms with Crippen LogP contribution in [-0.4, -0.2) is 27.4 Å². The number of aromatic nitrogens is 3. The molecule has 0 saturated carbocycles. The van der Waals surface area contributed by atoms with Crippen LogP contribution < -0.4 is 10.1 Å². The van der Waals surface area contributed by atoms with Gasteiger partial charge in [0.15, 0.2) is 0 Å². The molecule has 1 amide bonds. The highest BCUT2D eigenvalue weighted by atomic mass is 16.5. The van der Waals surface area contributed by atoms with Gasteiger partial charge in [-0.05, 0) is 49.2 Å². The average Bonchev–Trinajstić information content (AvgIpc) is 2.75. The molecule has 0 fully saturated rings. The van der Waals surface area contributed by atoms with Crippen molar-refractivity contribution in [2.45, 2.75) is 40.0 Å². The van der Waals surface area contributed by atoms with Gasteiger partial charge in [-0.15, -0.1) is 0 Å². The van der Waals surface area contributed by atoms with E-state index < -0.39 is 0 Å². The Hall–Kier alpha value is -3.28. The van der Waals surface area contributed by atoms with Crippen molar-refractivity contribution in [3.8, 4) is 22.9 Å². The van der Waals surface area contributed by atoms with E-state index in [-0.39, 0.29) is 5.91 Å². The van der Waals surface area contributed by atoms with Gasteiger partial charge >= 0.3 is 0 Å². The first-order chi connectivity index (χ1) is 14.1. The zero-order valence-electron chi connectivity index (χ0n) is 17.1. The van der Waals surface area contributed by atoms with Crippen LogP contribution in [0.5, 0.6) is 11.6 Å². The van der Waals surface area contributed by atoms with Crippen LogP contribution in [0.25, 0.3) is 11.3 Å². The molecule has 3 rings (SSSR count). The van der Waals surface area contributed by atoms with Gasteiger partial charge in [0, 0.05) is 30.9 Å². The van der Waals surface area contributed by atoms with Crippen LogP contribution in [0.2, 0.25) is 0 Å². The van der Waals surface area contributed by atoms with E-state index in [1.807, 2.05) is 38.1 Å². The van der Waals surface area contributed by atoms with Crippen molar-refractivity contribution in [3.05, 3.63) is 65.7 Å². The Labute approximate surface area is 171 Å². The quantitative estimate of drug-likeness (QED) is 0.563. The molecule has 0 aliphatic carbocycles. The maximum Gasteiger partial charge on any atom is 0.251 e. The highest BCUT2D eigenvalue weighted by Gasteiger charge is 2.14. The lowest BCUT2D eigenvalue weighted by molar-refractivity contribution is 0.0953. The topological polar surface area (TPSA) is 77.0 Å². The number of hydrogen-bond donors (Lipinski definition) is 1. The van der Waals surface area contributed by atoms with Gasteiger partial charge in [-0.3, -0.25) is 4.79 Å². The molecule has 1 aromatic carbocycles. The summed E-state index contributed by atoms with van der Waals surface area (Å²) in [5.74, 6) is 1.70. The second kappa shape index (κ2) is 9.78. The molecular formula is C23H26N4O2. The van der Waals surface area contributed by atoms with E-state index >= 15 is 0 Å². The molecule has 150 valence electrons. The van der Waals surface area contributed by atoms with E-state index in [2.05, 4.69) is 27.2 Å². The number of carbonyl (C=O) groups excluding carboxylic acids is 1. The molecule has 0 atom stereocenters. The third-order valence-corrected chi connectivity index (χ3v) is 4.54. The molecule has 0 aliphatic rings. The Morgan fingerprint density at radius 2 is 1.97 bits per heavy atom. The molecule has 29 heavy (non-hydrogen) atoms. The van der Waals surface area contributed by atoms with Crippen LogP contribution in [0.3, 0.4) is 0 Å². The van der Waals surface area contributed by atoms with Crippen LogP contribution >= 0.6 is 0 Å². The lowest BCUT2D eigenvalue weighted by atomic mass is 10.1. The van der Waals surface area contributed by atoms with Gasteiger partial charge in [-0.2, -0.15) is 0 Å². The van der Waals surface area contributed by atoms with Gasteiger partial charge in [0.25, 0.3) is 5.91 Å². The minimum atomic E-state index is -0.104. The lowest BCUT2D eigenvalue weighted by Gasteiger charge is -2.13. The van der Waals surface area contributed by atoms with Crippen LogP contribution in [0.1, 0.15) is 48.4 Å². The maximum absolute atomic E-state index is 12.4. The van der Waals surface area contributed by atoms with Gasteiger partial charge in [0.05, 0.1) is 11.3 Å².